The van der Waals surface area contributed by atoms with Crippen LogP contribution in [-0.4, -0.2) is 21.9 Å². The number of amides is 1. The lowest BCUT2D eigenvalue weighted by molar-refractivity contribution is 0.0934. The summed E-state index contributed by atoms with van der Waals surface area (Å²) in [6.07, 6.45) is 0.784. The first-order valence-corrected chi connectivity index (χ1v) is 6.67. The predicted octanol–water partition coefficient (Wildman–Crippen LogP) is 2.10. The van der Waals surface area contributed by atoms with Crippen molar-refractivity contribution >= 4 is 5.91 Å². The summed E-state index contributed by atoms with van der Waals surface area (Å²) >= 11 is 0. The highest BCUT2D eigenvalue weighted by Crippen LogP contribution is 2.16. The van der Waals surface area contributed by atoms with Gasteiger partial charge in [0.1, 0.15) is 11.5 Å². The number of H-pyrrole nitrogens is 1. The lowest BCUT2D eigenvalue weighted by Gasteiger charge is -2.11. The van der Waals surface area contributed by atoms with Crippen LogP contribution >= 0.6 is 0 Å². The number of halogens is 1. The van der Waals surface area contributed by atoms with Gasteiger partial charge in [0.25, 0.3) is 5.91 Å². The molecule has 0 aliphatic carbocycles. The Morgan fingerprint density at radius 1 is 1.38 bits per heavy atom. The average molecular weight is 289 g/mol. The van der Waals surface area contributed by atoms with Gasteiger partial charge in [-0.05, 0) is 43.7 Å². The molecule has 0 bridgehead atoms. The lowest BCUT2D eigenvalue weighted by Crippen LogP contribution is -2.33. The maximum absolute atomic E-state index is 12.9. The van der Waals surface area contributed by atoms with Crippen LogP contribution in [-0.2, 0) is 0 Å². The Bertz CT molecular complexity index is 695. The third kappa shape index (κ3) is 3.75. The molecule has 0 fully saturated rings. The minimum absolute atomic E-state index is 0.00318. The number of nitrogens with one attached hydrogen (secondary N) is 2. The molecule has 21 heavy (non-hydrogen) atoms. The summed E-state index contributed by atoms with van der Waals surface area (Å²) in [5, 5.41) is 2.76. The fourth-order valence-electron chi connectivity index (χ4n) is 1.75. The molecular weight excluding hydrogens is 273 g/mol. The number of aromatic nitrogens is 2. The largest absolute Gasteiger partial charge is 0.348 e. The van der Waals surface area contributed by atoms with Crippen molar-refractivity contribution in [2.75, 3.05) is 0 Å². The van der Waals surface area contributed by atoms with Crippen LogP contribution in [0.2, 0.25) is 0 Å². The minimum atomic E-state index is -0.619. The van der Waals surface area contributed by atoms with E-state index in [0.717, 1.165) is 6.42 Å². The third-order valence-corrected chi connectivity index (χ3v) is 3.12. The van der Waals surface area contributed by atoms with E-state index in [4.69, 9.17) is 0 Å². The van der Waals surface area contributed by atoms with Gasteiger partial charge in [0.15, 0.2) is 0 Å². The van der Waals surface area contributed by atoms with Gasteiger partial charge in [-0.25, -0.2) is 9.18 Å². The van der Waals surface area contributed by atoms with E-state index >= 15 is 0 Å². The van der Waals surface area contributed by atoms with Crippen molar-refractivity contribution in [3.05, 3.63) is 52.3 Å². The van der Waals surface area contributed by atoms with Crippen molar-refractivity contribution in [3.8, 4) is 11.3 Å². The van der Waals surface area contributed by atoms with Crippen LogP contribution in [0.5, 0.6) is 0 Å². The van der Waals surface area contributed by atoms with E-state index in [0.29, 0.717) is 11.3 Å². The Kier molecular flexibility index (Phi) is 4.47. The molecule has 0 aliphatic rings. The van der Waals surface area contributed by atoms with E-state index in [9.17, 15) is 14.0 Å². The van der Waals surface area contributed by atoms with Crippen molar-refractivity contribution in [1.82, 2.24) is 15.3 Å². The van der Waals surface area contributed by atoms with Crippen molar-refractivity contribution in [2.45, 2.75) is 26.3 Å². The van der Waals surface area contributed by atoms with Crippen molar-refractivity contribution in [2.24, 2.45) is 0 Å². The quantitative estimate of drug-likeness (QED) is 0.905. The standard InChI is InChI=1S/C15H16FN3O2/c1-3-9(2)17-14(20)13-8-12(18-15(21)19-13)10-4-6-11(16)7-5-10/h4-9H,3H2,1-2H3,(H,17,20)(H,18,19,21). The Hall–Kier alpha value is -2.50. The Morgan fingerprint density at radius 2 is 2.05 bits per heavy atom. The maximum atomic E-state index is 12.9. The molecule has 110 valence electrons. The molecule has 1 aromatic carbocycles. The van der Waals surface area contributed by atoms with E-state index in [-0.39, 0.29) is 23.5 Å². The summed E-state index contributed by atoms with van der Waals surface area (Å²) in [5.74, 6) is -0.745. The zero-order chi connectivity index (χ0) is 15.4. The number of hydrogen-bond donors (Lipinski definition) is 2. The van der Waals surface area contributed by atoms with E-state index in [1.165, 1.54) is 30.3 Å². The van der Waals surface area contributed by atoms with Crippen molar-refractivity contribution < 1.29 is 9.18 Å². The first-order chi connectivity index (χ1) is 9.99. The summed E-state index contributed by atoms with van der Waals surface area (Å²) in [6, 6.07) is 7.05. The van der Waals surface area contributed by atoms with Gasteiger partial charge in [0.2, 0.25) is 0 Å². The minimum Gasteiger partial charge on any atom is -0.348 e. The molecule has 1 amide bonds. The molecule has 2 aromatic rings. The van der Waals surface area contributed by atoms with E-state index in [1.54, 1.807) is 0 Å². The molecule has 5 nitrogen and oxygen atoms in total. The monoisotopic (exact) mass is 289 g/mol. The number of benzene rings is 1. The van der Waals surface area contributed by atoms with E-state index in [2.05, 4.69) is 15.3 Å². The Morgan fingerprint density at radius 3 is 2.67 bits per heavy atom. The lowest BCUT2D eigenvalue weighted by atomic mass is 10.1. The highest BCUT2D eigenvalue weighted by atomic mass is 19.1. The van der Waals surface area contributed by atoms with Gasteiger partial charge >= 0.3 is 5.69 Å². The van der Waals surface area contributed by atoms with Gasteiger partial charge in [-0.2, -0.15) is 4.98 Å². The molecular formula is C15H16FN3O2. The van der Waals surface area contributed by atoms with E-state index in [1.807, 2.05) is 13.8 Å². The highest BCUT2D eigenvalue weighted by molar-refractivity contribution is 5.93. The zero-order valence-corrected chi connectivity index (χ0v) is 11.8. The molecule has 1 atom stereocenters. The Balaban J connectivity index is 2.35. The summed E-state index contributed by atoms with van der Waals surface area (Å²) < 4.78 is 12.9. The second kappa shape index (κ2) is 6.30. The number of carbonyl (C=O) groups is 1. The molecule has 0 spiro atoms. The van der Waals surface area contributed by atoms with Crippen LogP contribution in [0.15, 0.2) is 35.1 Å². The number of rotatable bonds is 4. The number of carbonyl (C=O) groups excluding carboxylic acids is 1. The van der Waals surface area contributed by atoms with Crippen LogP contribution in [0.3, 0.4) is 0 Å². The van der Waals surface area contributed by atoms with Crippen LogP contribution < -0.4 is 11.0 Å². The van der Waals surface area contributed by atoms with Gasteiger partial charge in [-0.15, -0.1) is 0 Å². The summed E-state index contributed by atoms with van der Waals surface area (Å²) in [4.78, 5) is 29.8. The van der Waals surface area contributed by atoms with Crippen LogP contribution in [0.25, 0.3) is 11.3 Å². The zero-order valence-electron chi connectivity index (χ0n) is 11.8. The van der Waals surface area contributed by atoms with Crippen LogP contribution in [0, 0.1) is 5.82 Å². The smallest absolute Gasteiger partial charge is 0.346 e. The second-order valence-electron chi connectivity index (χ2n) is 4.77. The van der Waals surface area contributed by atoms with Crippen LogP contribution in [0.1, 0.15) is 30.8 Å². The highest BCUT2D eigenvalue weighted by Gasteiger charge is 2.12. The SMILES string of the molecule is CCC(C)NC(=O)c1cc(-c2ccc(F)cc2)nc(=O)[nH]1. The molecule has 6 heteroatoms. The van der Waals surface area contributed by atoms with Gasteiger partial charge in [0.05, 0.1) is 5.69 Å². The fraction of sp³-hybridized carbons (Fsp3) is 0.267. The molecule has 2 N–H and O–H groups in total. The molecule has 0 radical (unpaired) electrons. The van der Waals surface area contributed by atoms with Crippen molar-refractivity contribution in [1.29, 1.82) is 0 Å². The molecule has 1 aromatic heterocycles. The number of aromatic amines is 1. The first-order valence-electron chi connectivity index (χ1n) is 6.67. The number of hydrogen-bond acceptors (Lipinski definition) is 3. The van der Waals surface area contributed by atoms with Gasteiger partial charge < -0.3 is 10.3 Å². The van der Waals surface area contributed by atoms with Gasteiger partial charge in [-0.3, -0.25) is 4.79 Å². The summed E-state index contributed by atoms with van der Waals surface area (Å²) in [7, 11) is 0. The summed E-state index contributed by atoms with van der Waals surface area (Å²) in [6.45, 7) is 3.82. The number of nitrogens with zero attached hydrogens (tertiary/aromatic N) is 1. The predicted molar refractivity (Wildman–Crippen MR) is 77.5 cm³/mol. The van der Waals surface area contributed by atoms with Gasteiger partial charge in [0, 0.05) is 11.6 Å². The molecule has 0 saturated heterocycles. The first kappa shape index (κ1) is 14.9. The fourth-order valence-corrected chi connectivity index (χ4v) is 1.75. The molecule has 0 aliphatic heterocycles. The summed E-state index contributed by atoms with van der Waals surface area (Å²) in [5.41, 5.74) is 0.411. The molecule has 2 rings (SSSR count). The molecule has 0 saturated carbocycles. The average Bonchev–Trinajstić information content (AvgIpc) is 2.47. The topological polar surface area (TPSA) is 74.8 Å². The van der Waals surface area contributed by atoms with Crippen LogP contribution in [0.4, 0.5) is 4.39 Å². The molecule has 1 unspecified atom stereocenters. The van der Waals surface area contributed by atoms with E-state index < -0.39 is 5.69 Å². The van der Waals surface area contributed by atoms with Gasteiger partial charge in [-0.1, -0.05) is 6.92 Å². The molecule has 1 heterocycles. The Labute approximate surface area is 121 Å². The van der Waals surface area contributed by atoms with Crippen molar-refractivity contribution in [3.63, 3.8) is 0 Å². The maximum Gasteiger partial charge on any atom is 0.346 e. The third-order valence-electron chi connectivity index (χ3n) is 3.12. The second-order valence-corrected chi connectivity index (χ2v) is 4.77. The normalized spacial score (nSPS) is 12.0.